The zero-order valence-electron chi connectivity index (χ0n) is 15.6. The van der Waals surface area contributed by atoms with Gasteiger partial charge in [-0.2, -0.15) is 0 Å². The molecule has 0 radical (unpaired) electrons. The normalized spacial score (nSPS) is 11.4. The van der Waals surface area contributed by atoms with Crippen LogP contribution in [0.4, 0.5) is 5.69 Å². The summed E-state index contributed by atoms with van der Waals surface area (Å²) in [5, 5.41) is 4.94. The Morgan fingerprint density at radius 3 is 2.67 bits per heavy atom. The van der Waals surface area contributed by atoms with Crippen molar-refractivity contribution >= 4 is 30.1 Å². The summed E-state index contributed by atoms with van der Waals surface area (Å²) in [5.74, 6) is 1.89. The maximum Gasteiger partial charge on any atom is 0.179 e. The molecule has 0 saturated heterocycles. The lowest BCUT2D eigenvalue weighted by molar-refractivity contribution is 0.507. The van der Waals surface area contributed by atoms with Gasteiger partial charge >= 0.3 is 0 Å². The molecule has 27 heavy (non-hydrogen) atoms. The molecule has 0 amide bonds. The van der Waals surface area contributed by atoms with E-state index < -0.39 is 0 Å². The molecule has 6 heteroatoms. The Morgan fingerprint density at radius 2 is 1.93 bits per heavy atom. The summed E-state index contributed by atoms with van der Waals surface area (Å²) in [5.41, 5.74) is 3.98. The molecule has 0 aliphatic heterocycles. The molecule has 0 fully saturated rings. The van der Waals surface area contributed by atoms with Gasteiger partial charge in [0.1, 0.15) is 17.1 Å². The van der Waals surface area contributed by atoms with Crippen molar-refractivity contribution in [3.05, 3.63) is 72.1 Å². The largest absolute Gasteiger partial charge is 0.469 e. The van der Waals surface area contributed by atoms with Gasteiger partial charge in [-0.1, -0.05) is 32.2 Å². The Morgan fingerprint density at radius 1 is 1.07 bits per heavy atom. The van der Waals surface area contributed by atoms with Crippen molar-refractivity contribution in [2.75, 3.05) is 18.6 Å². The number of anilines is 1. The number of pyridine rings is 1. The fourth-order valence-corrected chi connectivity index (χ4v) is 3.78. The molecule has 3 heterocycles. The van der Waals surface area contributed by atoms with Crippen LogP contribution in [-0.4, -0.2) is 28.3 Å². The van der Waals surface area contributed by atoms with Crippen molar-refractivity contribution in [2.24, 2.45) is 0 Å². The Hall–Kier alpha value is -2.65. The molecule has 0 saturated carbocycles. The molecule has 0 unspecified atom stereocenters. The van der Waals surface area contributed by atoms with Gasteiger partial charge in [-0.15, -0.1) is 0 Å². The van der Waals surface area contributed by atoms with E-state index in [1.54, 1.807) is 12.5 Å². The maximum atomic E-state index is 5.40. The third-order valence-electron chi connectivity index (χ3n) is 4.57. The van der Waals surface area contributed by atoms with E-state index in [0.717, 1.165) is 47.8 Å². The van der Waals surface area contributed by atoms with Gasteiger partial charge < -0.3 is 14.7 Å². The van der Waals surface area contributed by atoms with Crippen LogP contribution >= 0.6 is 7.92 Å². The van der Waals surface area contributed by atoms with Crippen LogP contribution in [0.1, 0.15) is 17.1 Å². The van der Waals surface area contributed by atoms with Crippen LogP contribution in [0.5, 0.6) is 0 Å². The van der Waals surface area contributed by atoms with E-state index in [0.29, 0.717) is 0 Å². The Balaban J connectivity index is 1.46. The molecule has 0 spiro atoms. The number of imidazole rings is 1. The van der Waals surface area contributed by atoms with E-state index in [1.807, 2.05) is 18.2 Å². The maximum absolute atomic E-state index is 5.40. The van der Waals surface area contributed by atoms with Gasteiger partial charge in [0, 0.05) is 25.6 Å². The number of furan rings is 1. The third-order valence-corrected chi connectivity index (χ3v) is 5.90. The van der Waals surface area contributed by atoms with Crippen LogP contribution in [0, 0.1) is 0 Å². The van der Waals surface area contributed by atoms with Gasteiger partial charge in [0.25, 0.3) is 0 Å². The number of fused-ring (bicyclic) bond motifs is 1. The highest BCUT2D eigenvalue weighted by atomic mass is 31.1. The zero-order chi connectivity index (χ0) is 18.6. The summed E-state index contributed by atoms with van der Waals surface area (Å²) >= 11 is 0. The summed E-state index contributed by atoms with van der Waals surface area (Å²) < 4.78 is 5.40. The predicted octanol–water partition coefficient (Wildman–Crippen LogP) is 4.32. The average molecular weight is 378 g/mol. The Bertz CT molecular complexity index is 1010. The zero-order valence-corrected chi connectivity index (χ0v) is 16.5. The van der Waals surface area contributed by atoms with Gasteiger partial charge in [-0.05, 0) is 42.4 Å². The number of nitrogens with one attached hydrogen (secondary N) is 2. The monoisotopic (exact) mass is 378 g/mol. The summed E-state index contributed by atoms with van der Waals surface area (Å²) in [6, 6.07) is 14.7. The molecule has 3 aromatic heterocycles. The average Bonchev–Trinajstić information content (AvgIpc) is 3.34. The highest BCUT2D eigenvalue weighted by molar-refractivity contribution is 7.64. The van der Waals surface area contributed by atoms with Crippen LogP contribution in [0.15, 0.2) is 59.3 Å². The van der Waals surface area contributed by atoms with Gasteiger partial charge in [-0.3, -0.25) is 0 Å². The SMILES string of the molecule is CP(C)c1ccc(CNc2ccnc3nc(CCc4ccco4)[nH]c23)cc1. The van der Waals surface area contributed by atoms with E-state index in [9.17, 15) is 0 Å². The molecule has 5 nitrogen and oxygen atoms in total. The molecule has 4 rings (SSSR count). The highest BCUT2D eigenvalue weighted by Gasteiger charge is 2.09. The van der Waals surface area contributed by atoms with Crippen molar-refractivity contribution in [3.8, 4) is 0 Å². The number of aromatic nitrogens is 3. The molecule has 1 aromatic carbocycles. The predicted molar refractivity (Wildman–Crippen MR) is 112 cm³/mol. The number of hydrogen-bond acceptors (Lipinski definition) is 4. The molecule has 138 valence electrons. The first kappa shape index (κ1) is 17.7. The fraction of sp³-hybridized carbons (Fsp3) is 0.238. The number of aromatic amines is 1. The minimum Gasteiger partial charge on any atom is -0.469 e. The first-order valence-electron chi connectivity index (χ1n) is 9.05. The Kier molecular flexibility index (Phi) is 5.21. The van der Waals surface area contributed by atoms with Gasteiger partial charge in [0.05, 0.1) is 12.0 Å². The van der Waals surface area contributed by atoms with Crippen LogP contribution in [-0.2, 0) is 19.4 Å². The first-order chi connectivity index (χ1) is 13.2. The van der Waals surface area contributed by atoms with Crippen molar-refractivity contribution in [1.29, 1.82) is 0 Å². The molecule has 0 atom stereocenters. The van der Waals surface area contributed by atoms with E-state index in [4.69, 9.17) is 4.42 Å². The molecular formula is C21H23N4OP. The molecule has 4 aromatic rings. The van der Waals surface area contributed by atoms with E-state index >= 15 is 0 Å². The van der Waals surface area contributed by atoms with Crippen molar-refractivity contribution in [3.63, 3.8) is 0 Å². The lowest BCUT2D eigenvalue weighted by atomic mass is 10.2. The lowest BCUT2D eigenvalue weighted by Gasteiger charge is -2.09. The van der Waals surface area contributed by atoms with Gasteiger partial charge in [0.15, 0.2) is 5.65 Å². The highest BCUT2D eigenvalue weighted by Crippen LogP contribution is 2.24. The summed E-state index contributed by atoms with van der Waals surface area (Å²) in [6.45, 7) is 5.32. The minimum atomic E-state index is -0.0480. The molecular weight excluding hydrogens is 355 g/mol. The second-order valence-corrected chi connectivity index (χ2v) is 9.04. The molecule has 0 aliphatic rings. The van der Waals surface area contributed by atoms with Crippen LogP contribution in [0.3, 0.4) is 0 Å². The number of benzene rings is 1. The molecule has 2 N–H and O–H groups in total. The number of aryl methyl sites for hydroxylation is 2. The lowest BCUT2D eigenvalue weighted by Crippen LogP contribution is -2.03. The summed E-state index contributed by atoms with van der Waals surface area (Å²) in [6.07, 6.45) is 5.11. The van der Waals surface area contributed by atoms with Crippen LogP contribution < -0.4 is 10.6 Å². The van der Waals surface area contributed by atoms with Crippen LogP contribution in [0.25, 0.3) is 11.2 Å². The topological polar surface area (TPSA) is 66.7 Å². The minimum absolute atomic E-state index is 0.0480. The number of nitrogens with zero attached hydrogens (tertiary/aromatic N) is 2. The van der Waals surface area contributed by atoms with E-state index in [2.05, 4.69) is 57.9 Å². The van der Waals surface area contributed by atoms with E-state index in [-0.39, 0.29) is 7.92 Å². The van der Waals surface area contributed by atoms with E-state index in [1.165, 1.54) is 10.9 Å². The molecule has 0 aliphatic carbocycles. The van der Waals surface area contributed by atoms with Crippen molar-refractivity contribution < 1.29 is 4.42 Å². The quantitative estimate of drug-likeness (QED) is 0.470. The third kappa shape index (κ3) is 4.20. The summed E-state index contributed by atoms with van der Waals surface area (Å²) in [7, 11) is -0.0480. The van der Waals surface area contributed by atoms with Gasteiger partial charge in [0.2, 0.25) is 0 Å². The second kappa shape index (κ2) is 7.93. The fourth-order valence-electron chi connectivity index (χ4n) is 3.03. The number of H-pyrrole nitrogens is 1. The number of hydrogen-bond donors (Lipinski definition) is 2. The first-order valence-corrected chi connectivity index (χ1v) is 11.3. The number of rotatable bonds is 7. The van der Waals surface area contributed by atoms with Crippen molar-refractivity contribution in [1.82, 2.24) is 15.0 Å². The Labute approximate surface area is 160 Å². The van der Waals surface area contributed by atoms with Crippen LogP contribution in [0.2, 0.25) is 0 Å². The summed E-state index contributed by atoms with van der Waals surface area (Å²) in [4.78, 5) is 12.4. The molecule has 0 bridgehead atoms. The van der Waals surface area contributed by atoms with Crippen molar-refractivity contribution in [2.45, 2.75) is 19.4 Å². The smallest absolute Gasteiger partial charge is 0.179 e. The second-order valence-electron chi connectivity index (χ2n) is 6.73. The standard InChI is InChI=1S/C21H23N4OP/c1-27(2)17-8-5-15(6-9-17)14-23-18-11-12-22-21-20(18)24-19(25-21)10-7-16-4-3-13-26-16/h3-6,8-9,11-13H,7,10,14H2,1-2H3,(H2,22,23,24,25). The van der Waals surface area contributed by atoms with Gasteiger partial charge in [-0.25, -0.2) is 9.97 Å².